The molecule has 2 N–H and O–H groups in total. The van der Waals surface area contributed by atoms with Crippen LogP contribution >= 0.6 is 0 Å². The van der Waals surface area contributed by atoms with E-state index in [1.54, 1.807) is 24.3 Å². The van der Waals surface area contributed by atoms with E-state index in [4.69, 9.17) is 0 Å². The average molecular weight is 178 g/mol. The minimum absolute atomic E-state index is 0.139. The average Bonchev–Trinajstić information content (AvgIpc) is 2.09. The smallest absolute Gasteiger partial charge is 0.121 e. The molecule has 1 atom stereocenters. The molecule has 1 aromatic rings. The number of hydrogen-bond acceptors (Lipinski definition) is 2. The van der Waals surface area contributed by atoms with E-state index in [1.807, 2.05) is 6.92 Å². The van der Waals surface area contributed by atoms with Crippen LogP contribution < -0.4 is 0 Å². The van der Waals surface area contributed by atoms with Crippen LogP contribution in [0.25, 0.3) is 0 Å². The lowest BCUT2D eigenvalue weighted by Gasteiger charge is -2.10. The van der Waals surface area contributed by atoms with Gasteiger partial charge >= 0.3 is 0 Å². The zero-order valence-corrected chi connectivity index (χ0v) is 7.70. The highest BCUT2D eigenvalue weighted by Crippen LogP contribution is 2.27. The Morgan fingerprint density at radius 3 is 2.85 bits per heavy atom. The fraction of sp³-hybridized carbons (Fsp3) is 0.273. The minimum atomic E-state index is -0.655. The second-order valence-corrected chi connectivity index (χ2v) is 3.10. The number of phenolic OH excluding ortho intramolecular Hbond substituents is 1. The summed E-state index contributed by atoms with van der Waals surface area (Å²) in [6, 6.07) is 5.18. The topological polar surface area (TPSA) is 40.5 Å². The zero-order chi connectivity index (χ0) is 9.84. The van der Waals surface area contributed by atoms with E-state index in [2.05, 4.69) is 6.58 Å². The molecule has 0 spiro atoms. The predicted octanol–water partition coefficient (Wildman–Crippen LogP) is 2.31. The van der Waals surface area contributed by atoms with Crippen molar-refractivity contribution in [3.63, 3.8) is 0 Å². The second kappa shape index (κ2) is 4.10. The first-order valence-corrected chi connectivity index (χ1v) is 4.23. The molecule has 2 heteroatoms. The van der Waals surface area contributed by atoms with Crippen LogP contribution in [0.5, 0.6) is 5.75 Å². The fourth-order valence-corrected chi connectivity index (χ4v) is 1.23. The molecule has 0 aromatic heterocycles. The van der Waals surface area contributed by atoms with Gasteiger partial charge in [0.1, 0.15) is 5.75 Å². The molecule has 13 heavy (non-hydrogen) atoms. The van der Waals surface area contributed by atoms with Crippen LogP contribution in [0.15, 0.2) is 30.9 Å². The Balaban J connectivity index is 2.97. The van der Waals surface area contributed by atoms with Crippen LogP contribution in [0.4, 0.5) is 0 Å². The zero-order valence-electron chi connectivity index (χ0n) is 7.70. The highest BCUT2D eigenvalue weighted by Gasteiger charge is 2.10. The van der Waals surface area contributed by atoms with E-state index >= 15 is 0 Å². The summed E-state index contributed by atoms with van der Waals surface area (Å²) in [4.78, 5) is 0. The molecule has 0 aliphatic carbocycles. The third-order valence-corrected chi connectivity index (χ3v) is 1.93. The van der Waals surface area contributed by atoms with Crippen LogP contribution in [-0.2, 0) is 0 Å². The van der Waals surface area contributed by atoms with Crippen molar-refractivity contribution in [2.75, 3.05) is 0 Å². The van der Waals surface area contributed by atoms with Crippen LogP contribution in [0.1, 0.15) is 23.7 Å². The van der Waals surface area contributed by atoms with Crippen molar-refractivity contribution in [3.05, 3.63) is 42.0 Å². The van der Waals surface area contributed by atoms with E-state index < -0.39 is 6.10 Å². The molecule has 0 aliphatic heterocycles. The molecule has 0 bridgehead atoms. The highest BCUT2D eigenvalue weighted by atomic mass is 16.3. The molecule has 1 unspecified atom stereocenters. The van der Waals surface area contributed by atoms with E-state index in [9.17, 15) is 10.2 Å². The molecule has 0 fully saturated rings. The predicted molar refractivity (Wildman–Crippen MR) is 52.6 cm³/mol. The normalized spacial score (nSPS) is 12.5. The van der Waals surface area contributed by atoms with E-state index in [1.165, 1.54) is 0 Å². The van der Waals surface area contributed by atoms with Gasteiger partial charge in [0, 0.05) is 5.56 Å². The SMILES string of the molecule is C=CCC(O)c1cc(C)ccc1O. The molecule has 1 rings (SSSR count). The van der Waals surface area contributed by atoms with Gasteiger partial charge in [-0.05, 0) is 25.5 Å². The molecule has 70 valence electrons. The molecular formula is C11H14O2. The molecule has 0 saturated heterocycles. The van der Waals surface area contributed by atoms with Gasteiger partial charge in [0.2, 0.25) is 0 Å². The summed E-state index contributed by atoms with van der Waals surface area (Å²) in [7, 11) is 0. The van der Waals surface area contributed by atoms with E-state index in [0.717, 1.165) is 5.56 Å². The number of phenols is 1. The summed E-state index contributed by atoms with van der Waals surface area (Å²) >= 11 is 0. The molecule has 0 radical (unpaired) electrons. The van der Waals surface area contributed by atoms with Gasteiger partial charge in [-0.1, -0.05) is 17.7 Å². The standard InChI is InChI=1S/C11H14O2/c1-3-4-10(12)9-7-8(2)5-6-11(9)13/h3,5-7,10,12-13H,1,4H2,2H3. The van der Waals surface area contributed by atoms with Gasteiger partial charge in [-0.2, -0.15) is 0 Å². The Kier molecular flexibility index (Phi) is 3.09. The number of aliphatic hydroxyl groups excluding tert-OH is 1. The van der Waals surface area contributed by atoms with Gasteiger partial charge in [0.15, 0.2) is 0 Å². The number of aliphatic hydroxyl groups is 1. The molecule has 1 aromatic carbocycles. The second-order valence-electron chi connectivity index (χ2n) is 3.10. The summed E-state index contributed by atoms with van der Waals surface area (Å²) in [5.74, 6) is 0.139. The first kappa shape index (κ1) is 9.81. The van der Waals surface area contributed by atoms with Crippen LogP contribution in [0.2, 0.25) is 0 Å². The summed E-state index contributed by atoms with van der Waals surface area (Å²) in [6.45, 7) is 5.46. The van der Waals surface area contributed by atoms with Gasteiger partial charge in [-0.3, -0.25) is 0 Å². The maximum absolute atomic E-state index is 9.59. The largest absolute Gasteiger partial charge is 0.508 e. The molecule has 0 amide bonds. The van der Waals surface area contributed by atoms with Gasteiger partial charge in [0.05, 0.1) is 6.10 Å². The Hall–Kier alpha value is -1.28. The summed E-state index contributed by atoms with van der Waals surface area (Å²) in [6.07, 6.45) is 1.43. The van der Waals surface area contributed by atoms with Crippen molar-refractivity contribution in [1.29, 1.82) is 0 Å². The number of aryl methyl sites for hydroxylation is 1. The van der Waals surface area contributed by atoms with E-state index in [0.29, 0.717) is 12.0 Å². The van der Waals surface area contributed by atoms with Gasteiger partial charge < -0.3 is 10.2 Å². The Morgan fingerprint density at radius 2 is 2.23 bits per heavy atom. The van der Waals surface area contributed by atoms with E-state index in [-0.39, 0.29) is 5.75 Å². The van der Waals surface area contributed by atoms with Gasteiger partial charge in [-0.25, -0.2) is 0 Å². The van der Waals surface area contributed by atoms with Crippen molar-refractivity contribution in [2.24, 2.45) is 0 Å². The Bertz CT molecular complexity index is 305. The van der Waals surface area contributed by atoms with Crippen LogP contribution in [-0.4, -0.2) is 10.2 Å². The first-order valence-electron chi connectivity index (χ1n) is 4.23. The highest BCUT2D eigenvalue weighted by molar-refractivity contribution is 5.37. The lowest BCUT2D eigenvalue weighted by molar-refractivity contribution is 0.177. The van der Waals surface area contributed by atoms with Crippen molar-refractivity contribution < 1.29 is 10.2 Å². The number of rotatable bonds is 3. The lowest BCUT2D eigenvalue weighted by atomic mass is 10.0. The van der Waals surface area contributed by atoms with Crippen molar-refractivity contribution >= 4 is 0 Å². The van der Waals surface area contributed by atoms with Gasteiger partial charge in [0.25, 0.3) is 0 Å². The summed E-state index contributed by atoms with van der Waals surface area (Å²) in [5, 5.41) is 19.0. The molecule has 0 saturated carbocycles. The quantitative estimate of drug-likeness (QED) is 0.697. The summed E-state index contributed by atoms with van der Waals surface area (Å²) in [5.41, 5.74) is 1.59. The van der Waals surface area contributed by atoms with Crippen LogP contribution in [0.3, 0.4) is 0 Å². The third kappa shape index (κ3) is 2.33. The first-order chi connectivity index (χ1) is 6.15. The lowest BCUT2D eigenvalue weighted by Crippen LogP contribution is -1.96. The molecule has 0 heterocycles. The van der Waals surface area contributed by atoms with Crippen LogP contribution in [0, 0.1) is 6.92 Å². The van der Waals surface area contributed by atoms with Crippen molar-refractivity contribution in [3.8, 4) is 5.75 Å². The third-order valence-electron chi connectivity index (χ3n) is 1.93. The van der Waals surface area contributed by atoms with Gasteiger partial charge in [-0.15, -0.1) is 6.58 Å². The Morgan fingerprint density at radius 1 is 1.54 bits per heavy atom. The number of aromatic hydroxyl groups is 1. The van der Waals surface area contributed by atoms with Crippen molar-refractivity contribution in [2.45, 2.75) is 19.4 Å². The maximum atomic E-state index is 9.59. The molecule has 2 nitrogen and oxygen atoms in total. The maximum Gasteiger partial charge on any atom is 0.121 e. The number of hydrogen-bond donors (Lipinski definition) is 2. The fourth-order valence-electron chi connectivity index (χ4n) is 1.23. The minimum Gasteiger partial charge on any atom is -0.508 e. The summed E-state index contributed by atoms with van der Waals surface area (Å²) < 4.78 is 0. The Labute approximate surface area is 78.2 Å². The van der Waals surface area contributed by atoms with Crippen molar-refractivity contribution in [1.82, 2.24) is 0 Å². The monoisotopic (exact) mass is 178 g/mol. The molecular weight excluding hydrogens is 164 g/mol. The number of benzene rings is 1. The molecule has 0 aliphatic rings.